The molecule has 0 radical (unpaired) electrons. The molecule has 1 aromatic heterocycles. The van der Waals surface area contributed by atoms with Crippen molar-refractivity contribution in [1.29, 1.82) is 0 Å². The van der Waals surface area contributed by atoms with Crippen molar-refractivity contribution in [3.63, 3.8) is 0 Å². The summed E-state index contributed by atoms with van der Waals surface area (Å²) in [6, 6.07) is 5.78. The maximum absolute atomic E-state index is 6.08. The van der Waals surface area contributed by atoms with Gasteiger partial charge in [0.05, 0.1) is 23.8 Å². The van der Waals surface area contributed by atoms with E-state index in [1.165, 1.54) is 0 Å². The lowest BCUT2D eigenvalue weighted by Gasteiger charge is -2.15. The van der Waals surface area contributed by atoms with E-state index in [0.29, 0.717) is 5.69 Å². The predicted molar refractivity (Wildman–Crippen MR) is 77.3 cm³/mol. The van der Waals surface area contributed by atoms with Crippen LogP contribution in [0.4, 0.5) is 11.4 Å². The van der Waals surface area contributed by atoms with Crippen molar-refractivity contribution >= 4 is 11.4 Å². The van der Waals surface area contributed by atoms with Gasteiger partial charge in [0.1, 0.15) is 5.75 Å². The summed E-state index contributed by atoms with van der Waals surface area (Å²) < 4.78 is 7.67. The number of aromatic nitrogens is 2. The van der Waals surface area contributed by atoms with E-state index < -0.39 is 0 Å². The predicted octanol–water partition coefficient (Wildman–Crippen LogP) is 2.36. The number of imidazole rings is 1. The number of nitrogens with two attached hydrogens (primary N) is 1. The molecule has 3 N–H and O–H groups in total. The second-order valence-corrected chi connectivity index (χ2v) is 4.61. The van der Waals surface area contributed by atoms with Crippen LogP contribution in [0.2, 0.25) is 0 Å². The van der Waals surface area contributed by atoms with E-state index in [0.717, 1.165) is 24.5 Å². The maximum atomic E-state index is 6.08. The molecule has 2 aromatic rings. The van der Waals surface area contributed by atoms with E-state index in [9.17, 15) is 0 Å². The van der Waals surface area contributed by atoms with E-state index in [1.807, 2.05) is 42.8 Å². The first kappa shape index (κ1) is 13.3. The number of rotatable bonds is 6. The molecule has 1 aromatic carbocycles. The lowest BCUT2D eigenvalue weighted by molar-refractivity contribution is 0.244. The molecule has 19 heavy (non-hydrogen) atoms. The highest BCUT2D eigenvalue weighted by Gasteiger charge is 2.06. The highest BCUT2D eigenvalue weighted by molar-refractivity contribution is 5.72. The summed E-state index contributed by atoms with van der Waals surface area (Å²) in [6.07, 6.45) is 5.61. The van der Waals surface area contributed by atoms with Gasteiger partial charge in [-0.25, -0.2) is 4.98 Å². The Labute approximate surface area is 113 Å². The minimum atomic E-state index is 0.114. The number of ether oxygens (including phenoxy) is 1. The van der Waals surface area contributed by atoms with Crippen molar-refractivity contribution in [2.75, 3.05) is 17.6 Å². The number of anilines is 2. The fourth-order valence-corrected chi connectivity index (χ4v) is 1.79. The molecule has 0 atom stereocenters. The number of benzene rings is 1. The number of nitrogen functional groups attached to an aromatic ring is 1. The van der Waals surface area contributed by atoms with Crippen LogP contribution in [-0.4, -0.2) is 22.2 Å². The van der Waals surface area contributed by atoms with Crippen LogP contribution < -0.4 is 15.8 Å². The van der Waals surface area contributed by atoms with Crippen molar-refractivity contribution < 1.29 is 4.74 Å². The van der Waals surface area contributed by atoms with Gasteiger partial charge >= 0.3 is 0 Å². The molecule has 0 fully saturated rings. The topological polar surface area (TPSA) is 65.1 Å². The Balaban J connectivity index is 1.96. The molecule has 1 heterocycles. The van der Waals surface area contributed by atoms with E-state index in [2.05, 4.69) is 10.3 Å². The highest BCUT2D eigenvalue weighted by Crippen LogP contribution is 2.29. The summed E-state index contributed by atoms with van der Waals surface area (Å²) in [5, 5.41) is 3.31. The number of nitrogens with one attached hydrogen (secondary N) is 1. The van der Waals surface area contributed by atoms with Gasteiger partial charge in [0.25, 0.3) is 0 Å². The van der Waals surface area contributed by atoms with Gasteiger partial charge in [-0.1, -0.05) is 6.07 Å². The molecule has 0 aliphatic heterocycles. The third-order valence-corrected chi connectivity index (χ3v) is 2.67. The maximum Gasteiger partial charge on any atom is 0.144 e. The first-order valence-electron chi connectivity index (χ1n) is 6.41. The van der Waals surface area contributed by atoms with Crippen molar-refractivity contribution in [2.24, 2.45) is 0 Å². The molecule has 5 heteroatoms. The van der Waals surface area contributed by atoms with Crippen LogP contribution in [0.25, 0.3) is 0 Å². The third-order valence-electron chi connectivity index (χ3n) is 2.67. The monoisotopic (exact) mass is 260 g/mol. The average Bonchev–Trinajstić information content (AvgIpc) is 2.86. The molecule has 0 amide bonds. The lowest BCUT2D eigenvalue weighted by atomic mass is 10.2. The number of para-hydroxylation sites is 1. The molecular weight excluding hydrogens is 240 g/mol. The van der Waals surface area contributed by atoms with Crippen LogP contribution in [-0.2, 0) is 6.54 Å². The lowest BCUT2D eigenvalue weighted by Crippen LogP contribution is -2.12. The van der Waals surface area contributed by atoms with Crippen LogP contribution in [0.3, 0.4) is 0 Å². The van der Waals surface area contributed by atoms with Gasteiger partial charge in [-0.3, -0.25) is 0 Å². The molecule has 0 saturated carbocycles. The fraction of sp³-hybridized carbons (Fsp3) is 0.357. The molecule has 0 unspecified atom stereocenters. The molecular formula is C14H20N4O. The summed E-state index contributed by atoms with van der Waals surface area (Å²) in [5.74, 6) is 0.725. The fourth-order valence-electron chi connectivity index (χ4n) is 1.79. The Morgan fingerprint density at radius 3 is 2.95 bits per heavy atom. The Morgan fingerprint density at radius 1 is 1.42 bits per heavy atom. The molecule has 0 aliphatic carbocycles. The smallest absolute Gasteiger partial charge is 0.144 e. The van der Waals surface area contributed by atoms with Crippen molar-refractivity contribution in [1.82, 2.24) is 9.55 Å². The van der Waals surface area contributed by atoms with Gasteiger partial charge in [-0.05, 0) is 26.0 Å². The second-order valence-electron chi connectivity index (χ2n) is 4.61. The Kier molecular flexibility index (Phi) is 4.28. The van der Waals surface area contributed by atoms with Gasteiger partial charge in [0.15, 0.2) is 0 Å². The quantitative estimate of drug-likeness (QED) is 0.783. The average molecular weight is 260 g/mol. The van der Waals surface area contributed by atoms with Crippen molar-refractivity contribution in [2.45, 2.75) is 26.5 Å². The normalized spacial score (nSPS) is 10.7. The zero-order valence-corrected chi connectivity index (χ0v) is 11.3. The summed E-state index contributed by atoms with van der Waals surface area (Å²) in [5.41, 5.74) is 7.64. The minimum Gasteiger partial charge on any atom is -0.489 e. The largest absolute Gasteiger partial charge is 0.489 e. The van der Waals surface area contributed by atoms with E-state index in [-0.39, 0.29) is 6.10 Å². The summed E-state index contributed by atoms with van der Waals surface area (Å²) >= 11 is 0. The first-order chi connectivity index (χ1) is 9.16. The molecule has 5 nitrogen and oxygen atoms in total. The van der Waals surface area contributed by atoms with Crippen LogP contribution in [0.5, 0.6) is 5.75 Å². The molecule has 0 spiro atoms. The van der Waals surface area contributed by atoms with Crippen LogP contribution >= 0.6 is 0 Å². The van der Waals surface area contributed by atoms with Crippen LogP contribution in [0.1, 0.15) is 13.8 Å². The second kappa shape index (κ2) is 6.13. The minimum absolute atomic E-state index is 0.114. The van der Waals surface area contributed by atoms with E-state index in [1.54, 1.807) is 12.5 Å². The van der Waals surface area contributed by atoms with Crippen molar-refractivity contribution in [3.05, 3.63) is 36.9 Å². The zero-order valence-electron chi connectivity index (χ0n) is 11.3. The van der Waals surface area contributed by atoms with Gasteiger partial charge in [0, 0.05) is 25.5 Å². The van der Waals surface area contributed by atoms with Crippen LogP contribution in [0.15, 0.2) is 36.9 Å². The number of hydrogen-bond acceptors (Lipinski definition) is 4. The standard InChI is InChI=1S/C14H20N4O/c1-11(2)19-13-5-3-4-12(14(13)15)17-7-9-18-8-6-16-10-18/h3-6,8,10-11,17H,7,9,15H2,1-2H3. The molecule has 2 rings (SSSR count). The molecule has 0 aliphatic rings. The molecule has 0 bridgehead atoms. The van der Waals surface area contributed by atoms with Crippen LogP contribution in [0, 0.1) is 0 Å². The van der Waals surface area contributed by atoms with Crippen molar-refractivity contribution in [3.8, 4) is 5.75 Å². The summed E-state index contributed by atoms with van der Waals surface area (Å²) in [6.45, 7) is 5.59. The third kappa shape index (κ3) is 3.64. The summed E-state index contributed by atoms with van der Waals surface area (Å²) in [4.78, 5) is 4.00. The number of hydrogen-bond donors (Lipinski definition) is 2. The Morgan fingerprint density at radius 2 is 2.26 bits per heavy atom. The number of nitrogens with zero attached hydrogens (tertiary/aromatic N) is 2. The Bertz CT molecular complexity index is 508. The van der Waals surface area contributed by atoms with Gasteiger partial charge < -0.3 is 20.4 Å². The highest BCUT2D eigenvalue weighted by atomic mass is 16.5. The molecule has 102 valence electrons. The molecule has 0 saturated heterocycles. The SMILES string of the molecule is CC(C)Oc1cccc(NCCn2ccnc2)c1N. The van der Waals surface area contributed by atoms with Gasteiger partial charge in [-0.2, -0.15) is 0 Å². The Hall–Kier alpha value is -2.17. The van der Waals surface area contributed by atoms with E-state index in [4.69, 9.17) is 10.5 Å². The zero-order chi connectivity index (χ0) is 13.7. The van der Waals surface area contributed by atoms with Gasteiger partial charge in [0.2, 0.25) is 0 Å². The van der Waals surface area contributed by atoms with Gasteiger partial charge in [-0.15, -0.1) is 0 Å². The first-order valence-corrected chi connectivity index (χ1v) is 6.41. The van der Waals surface area contributed by atoms with E-state index >= 15 is 0 Å². The summed E-state index contributed by atoms with van der Waals surface area (Å²) in [7, 11) is 0.